The smallest absolute Gasteiger partial charge is 0.260 e. The lowest BCUT2D eigenvalue weighted by Gasteiger charge is -2.32. The molecule has 7 nitrogen and oxygen atoms in total. The minimum absolute atomic E-state index is 0.0365. The molecule has 6 rings (SSSR count). The minimum Gasteiger partial charge on any atom is -0.483 e. The van der Waals surface area contributed by atoms with E-state index in [9.17, 15) is 13.2 Å². The van der Waals surface area contributed by atoms with Crippen LogP contribution < -0.4 is 9.46 Å². The summed E-state index contributed by atoms with van der Waals surface area (Å²) < 4.78 is 40.3. The quantitative estimate of drug-likeness (QED) is 0.768. The van der Waals surface area contributed by atoms with E-state index in [2.05, 4.69) is 17.7 Å². The normalized spacial score (nSPS) is 31.8. The van der Waals surface area contributed by atoms with Gasteiger partial charge in [0, 0.05) is 18.2 Å². The molecule has 170 valence electrons. The molecule has 2 aliphatic carbocycles. The number of ether oxygens (including phenoxy) is 2. The molecule has 1 aromatic carbocycles. The van der Waals surface area contributed by atoms with Crippen molar-refractivity contribution in [3.05, 3.63) is 29.3 Å². The van der Waals surface area contributed by atoms with Crippen molar-refractivity contribution in [3.8, 4) is 5.75 Å². The van der Waals surface area contributed by atoms with E-state index < -0.39 is 10.0 Å². The molecular formula is C23H32N2O5S. The Morgan fingerprint density at radius 1 is 1.06 bits per heavy atom. The Morgan fingerprint density at radius 2 is 1.84 bits per heavy atom. The van der Waals surface area contributed by atoms with Gasteiger partial charge in [0.2, 0.25) is 10.0 Å². The topological polar surface area (TPSA) is 84.9 Å². The number of nitrogens with one attached hydrogen (secondary N) is 1. The van der Waals surface area contributed by atoms with E-state index >= 15 is 0 Å². The van der Waals surface area contributed by atoms with Crippen molar-refractivity contribution in [1.82, 2.24) is 9.62 Å². The number of nitrogens with zero attached hydrogens (tertiary/aromatic N) is 1. The second-order valence-electron chi connectivity index (χ2n) is 9.49. The molecule has 2 unspecified atom stereocenters. The van der Waals surface area contributed by atoms with Crippen LogP contribution in [-0.4, -0.2) is 62.4 Å². The van der Waals surface area contributed by atoms with Gasteiger partial charge in [0.1, 0.15) is 5.75 Å². The molecule has 3 heterocycles. The molecule has 1 amide bonds. The third kappa shape index (κ3) is 4.34. The number of aryl methyl sites for hydroxylation is 1. The van der Waals surface area contributed by atoms with Gasteiger partial charge >= 0.3 is 0 Å². The lowest BCUT2D eigenvalue weighted by Crippen LogP contribution is -2.51. The van der Waals surface area contributed by atoms with E-state index in [0.29, 0.717) is 25.5 Å². The molecule has 3 fully saturated rings. The number of hydrogen-bond acceptors (Lipinski definition) is 5. The Hall–Kier alpha value is -1.64. The highest BCUT2D eigenvalue weighted by molar-refractivity contribution is 7.90. The van der Waals surface area contributed by atoms with E-state index in [1.807, 2.05) is 12.1 Å². The van der Waals surface area contributed by atoms with E-state index in [-0.39, 0.29) is 36.0 Å². The van der Waals surface area contributed by atoms with Gasteiger partial charge in [0.15, 0.2) is 6.61 Å². The highest BCUT2D eigenvalue weighted by atomic mass is 32.2. The molecule has 0 spiro atoms. The van der Waals surface area contributed by atoms with Crippen LogP contribution in [0.5, 0.6) is 5.75 Å². The fourth-order valence-electron chi connectivity index (χ4n) is 5.47. The predicted octanol–water partition coefficient (Wildman–Crippen LogP) is 2.48. The molecule has 8 heteroatoms. The zero-order valence-corrected chi connectivity index (χ0v) is 18.9. The van der Waals surface area contributed by atoms with Crippen molar-refractivity contribution < 1.29 is 22.7 Å². The number of hydrogen-bond donors (Lipinski definition) is 1. The summed E-state index contributed by atoms with van der Waals surface area (Å²) in [4.78, 5) is 14.9. The van der Waals surface area contributed by atoms with Gasteiger partial charge < -0.3 is 14.4 Å². The molecule has 1 aromatic rings. The second kappa shape index (κ2) is 8.37. The van der Waals surface area contributed by atoms with Crippen LogP contribution in [0.3, 0.4) is 0 Å². The first kappa shape index (κ1) is 21.2. The average Bonchev–Trinajstić information content (AvgIpc) is 3.54. The zero-order chi connectivity index (χ0) is 21.6. The summed E-state index contributed by atoms with van der Waals surface area (Å²) in [6, 6.07) is 5.46. The van der Waals surface area contributed by atoms with Gasteiger partial charge in [0.25, 0.3) is 5.91 Å². The summed E-state index contributed by atoms with van der Waals surface area (Å²) in [5.74, 6) is 1.12. The molecule has 31 heavy (non-hydrogen) atoms. The van der Waals surface area contributed by atoms with Crippen LogP contribution in [0.4, 0.5) is 0 Å². The second-order valence-corrected chi connectivity index (χ2v) is 11.5. The largest absolute Gasteiger partial charge is 0.483 e. The zero-order valence-electron chi connectivity index (χ0n) is 18.1. The molecule has 0 radical (unpaired) electrons. The van der Waals surface area contributed by atoms with Crippen LogP contribution in [0, 0.1) is 6.92 Å². The van der Waals surface area contributed by atoms with Crippen molar-refractivity contribution in [2.45, 2.75) is 81.2 Å². The van der Waals surface area contributed by atoms with Crippen molar-refractivity contribution in [1.29, 1.82) is 0 Å². The van der Waals surface area contributed by atoms with E-state index in [1.165, 1.54) is 11.1 Å². The highest BCUT2D eigenvalue weighted by Crippen LogP contribution is 2.40. The minimum atomic E-state index is -3.33. The predicted molar refractivity (Wildman–Crippen MR) is 117 cm³/mol. The van der Waals surface area contributed by atoms with Crippen molar-refractivity contribution in [2.24, 2.45) is 0 Å². The van der Waals surface area contributed by atoms with Crippen LogP contribution in [0.25, 0.3) is 0 Å². The summed E-state index contributed by atoms with van der Waals surface area (Å²) in [5, 5.41) is -0.272. The third-order valence-electron chi connectivity index (χ3n) is 7.37. The number of carbonyl (C=O) groups is 1. The van der Waals surface area contributed by atoms with Crippen molar-refractivity contribution >= 4 is 15.9 Å². The Bertz CT molecular complexity index is 937. The molecule has 3 aliphatic heterocycles. The van der Waals surface area contributed by atoms with Crippen LogP contribution >= 0.6 is 0 Å². The molecule has 1 saturated heterocycles. The summed E-state index contributed by atoms with van der Waals surface area (Å²) >= 11 is 0. The molecule has 1 N–H and O–H groups in total. The number of carbonyl (C=O) groups excluding carboxylic acids is 1. The van der Waals surface area contributed by atoms with Crippen LogP contribution in [0.2, 0.25) is 0 Å². The van der Waals surface area contributed by atoms with Gasteiger partial charge in [-0.3, -0.25) is 4.79 Å². The maximum absolute atomic E-state index is 13.1. The standard InChI is InChI=1S/C23H32N2O5S/c1-15-3-2-4-21-23(15)16-5-7-17(8-6-16)29-13-20-19(24-31(27,28)18-9-10-18)11-12-25(20)22(26)14-30-21/h2-4,16-20,24H,5-14H2,1H3. The monoisotopic (exact) mass is 448 g/mol. The Labute approximate surface area is 184 Å². The van der Waals surface area contributed by atoms with Gasteiger partial charge in [-0.2, -0.15) is 0 Å². The molecular weight excluding hydrogens is 416 g/mol. The summed E-state index contributed by atoms with van der Waals surface area (Å²) in [6.07, 6.45) is 6.22. The number of rotatable bonds is 3. The first-order valence-corrected chi connectivity index (χ1v) is 13.1. The first-order valence-electron chi connectivity index (χ1n) is 11.6. The van der Waals surface area contributed by atoms with Crippen molar-refractivity contribution in [2.75, 3.05) is 19.8 Å². The molecule has 5 aliphatic rings. The average molecular weight is 449 g/mol. The molecule has 2 bridgehead atoms. The number of fused-ring (bicyclic) bond motifs is 5. The third-order valence-corrected chi connectivity index (χ3v) is 9.35. The molecule has 0 aromatic heterocycles. The number of amides is 1. The van der Waals surface area contributed by atoms with Gasteiger partial charge in [-0.1, -0.05) is 12.1 Å². The maximum atomic E-state index is 13.1. The fourth-order valence-corrected chi connectivity index (χ4v) is 7.12. The van der Waals surface area contributed by atoms with Gasteiger partial charge in [-0.25, -0.2) is 13.1 Å². The van der Waals surface area contributed by atoms with Crippen LogP contribution in [-0.2, 0) is 19.6 Å². The van der Waals surface area contributed by atoms with Gasteiger partial charge in [-0.15, -0.1) is 0 Å². The van der Waals surface area contributed by atoms with E-state index in [0.717, 1.165) is 44.3 Å². The van der Waals surface area contributed by atoms with Crippen LogP contribution in [0.1, 0.15) is 62.0 Å². The highest BCUT2D eigenvalue weighted by Gasteiger charge is 2.44. The Morgan fingerprint density at radius 3 is 2.58 bits per heavy atom. The van der Waals surface area contributed by atoms with Gasteiger partial charge in [-0.05, 0) is 69.4 Å². The van der Waals surface area contributed by atoms with Crippen molar-refractivity contribution in [3.63, 3.8) is 0 Å². The fraction of sp³-hybridized carbons (Fsp3) is 0.696. The summed E-state index contributed by atoms with van der Waals surface area (Å²) in [5.41, 5.74) is 2.43. The SMILES string of the molecule is Cc1cccc2c1C1CCC(CC1)OCC1C(NS(=O)(=O)C3CC3)CCN1C(=O)CO2. The lowest BCUT2D eigenvalue weighted by atomic mass is 9.80. The van der Waals surface area contributed by atoms with Crippen LogP contribution in [0.15, 0.2) is 18.2 Å². The summed E-state index contributed by atoms with van der Waals surface area (Å²) in [6.45, 7) is 2.95. The Kier molecular flexibility index (Phi) is 5.73. The van der Waals surface area contributed by atoms with Gasteiger partial charge in [0.05, 0.1) is 24.0 Å². The lowest BCUT2D eigenvalue weighted by molar-refractivity contribution is -0.136. The van der Waals surface area contributed by atoms with E-state index in [1.54, 1.807) is 4.90 Å². The molecule has 2 atom stereocenters. The first-order chi connectivity index (χ1) is 14.9. The van der Waals surface area contributed by atoms with E-state index in [4.69, 9.17) is 9.47 Å². The molecule has 2 saturated carbocycles. The number of sulfonamides is 1. The maximum Gasteiger partial charge on any atom is 0.260 e. The number of benzene rings is 1. The summed E-state index contributed by atoms with van der Waals surface area (Å²) in [7, 11) is -3.33. The Balaban J connectivity index is 1.40.